The van der Waals surface area contributed by atoms with E-state index in [1.54, 1.807) is 18.3 Å². The zero-order valence-corrected chi connectivity index (χ0v) is 10.3. The second-order valence-corrected chi connectivity index (χ2v) is 5.16. The molecule has 0 aromatic carbocycles. The summed E-state index contributed by atoms with van der Waals surface area (Å²) in [4.78, 5) is 16.0. The van der Waals surface area contributed by atoms with E-state index in [1.165, 1.54) is 0 Å². The molecule has 0 aliphatic carbocycles. The van der Waals surface area contributed by atoms with Gasteiger partial charge < -0.3 is 10.7 Å². The van der Waals surface area contributed by atoms with Crippen LogP contribution in [0, 0.1) is 0 Å². The number of hydrogen-bond acceptors (Lipinski definition) is 5. The predicted octanol–water partition coefficient (Wildman–Crippen LogP) is 0.993. The first-order valence-corrected chi connectivity index (χ1v) is 6.76. The first-order chi connectivity index (χ1) is 8.29. The van der Waals surface area contributed by atoms with Crippen LogP contribution in [0.5, 0.6) is 0 Å². The SMILES string of the molecule is NNc1ccnc(C(=O)NC2CCSCC2)c1. The van der Waals surface area contributed by atoms with E-state index in [0.29, 0.717) is 11.4 Å². The van der Waals surface area contributed by atoms with Gasteiger partial charge in [-0.2, -0.15) is 11.8 Å². The van der Waals surface area contributed by atoms with E-state index in [4.69, 9.17) is 5.84 Å². The number of carbonyl (C=O) groups excluding carboxylic acids is 1. The number of nitrogen functional groups attached to an aromatic ring is 1. The molecule has 2 heterocycles. The number of amides is 1. The van der Waals surface area contributed by atoms with Gasteiger partial charge in [-0.3, -0.25) is 15.6 Å². The summed E-state index contributed by atoms with van der Waals surface area (Å²) in [5.74, 6) is 7.39. The molecule has 17 heavy (non-hydrogen) atoms. The summed E-state index contributed by atoms with van der Waals surface area (Å²) >= 11 is 1.93. The second-order valence-electron chi connectivity index (χ2n) is 3.93. The summed E-state index contributed by atoms with van der Waals surface area (Å²) < 4.78 is 0. The van der Waals surface area contributed by atoms with Gasteiger partial charge in [-0.25, -0.2) is 0 Å². The van der Waals surface area contributed by atoms with Crippen LogP contribution >= 0.6 is 11.8 Å². The van der Waals surface area contributed by atoms with Crippen molar-refractivity contribution in [1.82, 2.24) is 10.3 Å². The van der Waals surface area contributed by atoms with E-state index in [0.717, 1.165) is 24.3 Å². The molecule has 0 radical (unpaired) electrons. The third-order valence-corrected chi connectivity index (χ3v) is 3.76. The molecule has 0 atom stereocenters. The minimum Gasteiger partial charge on any atom is -0.348 e. The molecular weight excluding hydrogens is 236 g/mol. The van der Waals surface area contributed by atoms with Crippen LogP contribution in [-0.2, 0) is 0 Å². The lowest BCUT2D eigenvalue weighted by Crippen LogP contribution is -2.37. The molecular formula is C11H16N4OS. The van der Waals surface area contributed by atoms with Crippen molar-refractivity contribution in [3.63, 3.8) is 0 Å². The number of anilines is 1. The minimum atomic E-state index is -0.126. The summed E-state index contributed by atoms with van der Waals surface area (Å²) in [5, 5.41) is 3.00. The fourth-order valence-corrected chi connectivity index (χ4v) is 2.85. The van der Waals surface area contributed by atoms with Crippen LogP contribution in [0.15, 0.2) is 18.3 Å². The van der Waals surface area contributed by atoms with Gasteiger partial charge >= 0.3 is 0 Å². The fourth-order valence-electron chi connectivity index (χ4n) is 1.75. The molecule has 1 aliphatic rings. The smallest absolute Gasteiger partial charge is 0.270 e. The zero-order valence-electron chi connectivity index (χ0n) is 9.48. The molecule has 0 spiro atoms. The topological polar surface area (TPSA) is 80.0 Å². The Morgan fingerprint density at radius 2 is 2.24 bits per heavy atom. The van der Waals surface area contributed by atoms with Crippen LogP contribution in [0.3, 0.4) is 0 Å². The maximum atomic E-state index is 11.9. The molecule has 1 aromatic heterocycles. The summed E-state index contributed by atoms with van der Waals surface area (Å²) in [6.07, 6.45) is 3.64. The summed E-state index contributed by atoms with van der Waals surface area (Å²) in [7, 11) is 0. The molecule has 6 heteroatoms. The minimum absolute atomic E-state index is 0.126. The Labute approximate surface area is 105 Å². The van der Waals surface area contributed by atoms with E-state index in [1.807, 2.05) is 11.8 Å². The highest BCUT2D eigenvalue weighted by atomic mass is 32.2. The Morgan fingerprint density at radius 3 is 2.94 bits per heavy atom. The summed E-state index contributed by atoms with van der Waals surface area (Å²) in [5.41, 5.74) is 3.59. The number of hydrazine groups is 1. The molecule has 0 saturated carbocycles. The highest BCUT2D eigenvalue weighted by Crippen LogP contribution is 2.17. The quantitative estimate of drug-likeness (QED) is 0.552. The van der Waals surface area contributed by atoms with Crippen LogP contribution < -0.4 is 16.6 Å². The maximum absolute atomic E-state index is 11.9. The first kappa shape index (κ1) is 12.2. The lowest BCUT2D eigenvalue weighted by atomic mass is 10.1. The Kier molecular flexibility index (Phi) is 4.22. The number of rotatable bonds is 3. The van der Waals surface area contributed by atoms with Crippen LogP contribution in [0.2, 0.25) is 0 Å². The van der Waals surface area contributed by atoms with Crippen molar-refractivity contribution in [2.24, 2.45) is 5.84 Å². The Morgan fingerprint density at radius 1 is 1.47 bits per heavy atom. The van der Waals surface area contributed by atoms with Crippen molar-refractivity contribution < 1.29 is 4.79 Å². The zero-order chi connectivity index (χ0) is 12.1. The normalized spacial score (nSPS) is 16.5. The van der Waals surface area contributed by atoms with E-state index < -0.39 is 0 Å². The number of thioether (sulfide) groups is 1. The summed E-state index contributed by atoms with van der Waals surface area (Å²) in [6.45, 7) is 0. The van der Waals surface area contributed by atoms with Crippen molar-refractivity contribution >= 4 is 23.4 Å². The van der Waals surface area contributed by atoms with Gasteiger partial charge in [0.15, 0.2) is 0 Å². The molecule has 0 bridgehead atoms. The molecule has 0 unspecified atom stereocenters. The van der Waals surface area contributed by atoms with Crippen molar-refractivity contribution in [2.45, 2.75) is 18.9 Å². The van der Waals surface area contributed by atoms with Crippen LogP contribution in [0.25, 0.3) is 0 Å². The third kappa shape index (κ3) is 3.34. The van der Waals surface area contributed by atoms with Crippen molar-refractivity contribution in [1.29, 1.82) is 0 Å². The van der Waals surface area contributed by atoms with Gasteiger partial charge in [0.05, 0.1) is 5.69 Å². The first-order valence-electron chi connectivity index (χ1n) is 5.61. The molecule has 4 N–H and O–H groups in total. The number of hydrogen-bond donors (Lipinski definition) is 3. The number of nitrogens with one attached hydrogen (secondary N) is 2. The van der Waals surface area contributed by atoms with E-state index in [-0.39, 0.29) is 11.9 Å². The third-order valence-electron chi connectivity index (χ3n) is 2.72. The average molecular weight is 252 g/mol. The van der Waals surface area contributed by atoms with Gasteiger partial charge in [0.1, 0.15) is 5.69 Å². The van der Waals surface area contributed by atoms with Gasteiger partial charge in [-0.15, -0.1) is 0 Å². The van der Waals surface area contributed by atoms with Gasteiger partial charge in [0.2, 0.25) is 0 Å². The number of nitrogens with zero attached hydrogens (tertiary/aromatic N) is 1. The second kappa shape index (κ2) is 5.88. The number of aromatic nitrogens is 1. The number of pyridine rings is 1. The lowest BCUT2D eigenvalue weighted by Gasteiger charge is -2.22. The molecule has 1 amide bonds. The number of nitrogens with two attached hydrogens (primary N) is 1. The maximum Gasteiger partial charge on any atom is 0.270 e. The lowest BCUT2D eigenvalue weighted by molar-refractivity contribution is 0.0930. The fraction of sp³-hybridized carbons (Fsp3) is 0.455. The van der Waals surface area contributed by atoms with Gasteiger partial charge in [0, 0.05) is 12.2 Å². The molecule has 1 saturated heterocycles. The van der Waals surface area contributed by atoms with Crippen molar-refractivity contribution in [3.8, 4) is 0 Å². The highest BCUT2D eigenvalue weighted by Gasteiger charge is 2.17. The highest BCUT2D eigenvalue weighted by molar-refractivity contribution is 7.99. The van der Waals surface area contributed by atoms with E-state index in [2.05, 4.69) is 15.7 Å². The van der Waals surface area contributed by atoms with E-state index >= 15 is 0 Å². The molecule has 1 aromatic rings. The largest absolute Gasteiger partial charge is 0.348 e. The average Bonchev–Trinajstić information content (AvgIpc) is 2.40. The van der Waals surface area contributed by atoms with Gasteiger partial charge in [0.25, 0.3) is 5.91 Å². The van der Waals surface area contributed by atoms with Gasteiger partial charge in [-0.05, 0) is 36.5 Å². The predicted molar refractivity (Wildman–Crippen MR) is 69.9 cm³/mol. The molecule has 1 fully saturated rings. The van der Waals surface area contributed by atoms with Crippen LogP contribution in [0.4, 0.5) is 5.69 Å². The van der Waals surface area contributed by atoms with Gasteiger partial charge in [-0.1, -0.05) is 0 Å². The monoisotopic (exact) mass is 252 g/mol. The van der Waals surface area contributed by atoms with Crippen molar-refractivity contribution in [2.75, 3.05) is 16.9 Å². The van der Waals surface area contributed by atoms with Crippen LogP contribution in [0.1, 0.15) is 23.3 Å². The molecule has 92 valence electrons. The molecule has 1 aliphatic heterocycles. The number of carbonyl (C=O) groups is 1. The Balaban J connectivity index is 1.98. The summed E-state index contributed by atoms with van der Waals surface area (Å²) in [6, 6.07) is 3.64. The standard InChI is InChI=1S/C11H16N4OS/c12-15-9-1-4-13-10(7-9)11(16)14-8-2-5-17-6-3-8/h1,4,7-8H,2-3,5-6,12H2,(H,13,15)(H,14,16). The molecule has 2 rings (SSSR count). The van der Waals surface area contributed by atoms with E-state index in [9.17, 15) is 4.79 Å². The van der Waals surface area contributed by atoms with Crippen molar-refractivity contribution in [3.05, 3.63) is 24.0 Å². The van der Waals surface area contributed by atoms with Crippen LogP contribution in [-0.4, -0.2) is 28.4 Å². The Bertz CT molecular complexity index is 393. The molecule has 5 nitrogen and oxygen atoms in total. The Hall–Kier alpha value is -1.27.